The number of aromatic nitrogens is 1. The Balaban J connectivity index is 2.30. The highest BCUT2D eigenvalue weighted by Crippen LogP contribution is 2.17. The molecular weight excluding hydrogens is 246 g/mol. The minimum Gasteiger partial charge on any atom is -0.478 e. The van der Waals surface area contributed by atoms with Crippen LogP contribution in [0.15, 0.2) is 42.6 Å². The minimum atomic E-state index is -1.12. The first kappa shape index (κ1) is 12.6. The molecule has 1 amide bonds. The minimum absolute atomic E-state index is 0.0123. The summed E-state index contributed by atoms with van der Waals surface area (Å²) in [5.41, 5.74) is 6.01. The van der Waals surface area contributed by atoms with E-state index in [1.54, 1.807) is 18.2 Å². The van der Waals surface area contributed by atoms with E-state index in [2.05, 4.69) is 10.3 Å². The van der Waals surface area contributed by atoms with Crippen LogP contribution in [0.3, 0.4) is 0 Å². The summed E-state index contributed by atoms with van der Waals surface area (Å²) in [6.45, 7) is 0. The Morgan fingerprint density at radius 1 is 1.11 bits per heavy atom. The van der Waals surface area contributed by atoms with Crippen LogP contribution >= 0.6 is 0 Å². The predicted octanol–water partition coefficient (Wildman–Crippen LogP) is 1.61. The number of pyridine rings is 1. The number of nitrogens with zero attached hydrogens (tertiary/aromatic N) is 1. The van der Waals surface area contributed by atoms with Gasteiger partial charge in [0.05, 0.1) is 16.8 Å². The number of carboxylic acids is 1. The van der Waals surface area contributed by atoms with Gasteiger partial charge >= 0.3 is 5.97 Å². The highest BCUT2D eigenvalue weighted by atomic mass is 16.4. The molecule has 0 aliphatic rings. The van der Waals surface area contributed by atoms with Crippen molar-refractivity contribution in [1.29, 1.82) is 0 Å². The average Bonchev–Trinajstić information content (AvgIpc) is 2.39. The molecule has 96 valence electrons. The lowest BCUT2D eigenvalue weighted by atomic mass is 10.1. The number of hydrogen-bond acceptors (Lipinski definition) is 4. The van der Waals surface area contributed by atoms with Gasteiger partial charge in [0.2, 0.25) is 0 Å². The van der Waals surface area contributed by atoms with E-state index in [9.17, 15) is 9.59 Å². The smallest absolute Gasteiger partial charge is 0.337 e. The van der Waals surface area contributed by atoms with Gasteiger partial charge < -0.3 is 16.2 Å². The molecule has 0 radical (unpaired) electrons. The second kappa shape index (κ2) is 5.18. The van der Waals surface area contributed by atoms with Gasteiger partial charge in [-0.15, -0.1) is 0 Å². The van der Waals surface area contributed by atoms with E-state index in [1.165, 1.54) is 24.4 Å². The first-order chi connectivity index (χ1) is 9.09. The number of amides is 1. The molecule has 1 heterocycles. The first-order valence-corrected chi connectivity index (χ1v) is 5.44. The second-order valence-corrected chi connectivity index (χ2v) is 3.74. The zero-order valence-corrected chi connectivity index (χ0v) is 9.83. The van der Waals surface area contributed by atoms with Crippen LogP contribution in [0, 0.1) is 0 Å². The Kier molecular flexibility index (Phi) is 3.42. The molecule has 0 aliphatic carbocycles. The number of aromatic carboxylic acids is 1. The van der Waals surface area contributed by atoms with Crippen LogP contribution in [0.1, 0.15) is 20.7 Å². The van der Waals surface area contributed by atoms with E-state index in [1.807, 2.05) is 0 Å². The zero-order valence-electron chi connectivity index (χ0n) is 9.83. The second-order valence-electron chi connectivity index (χ2n) is 3.74. The van der Waals surface area contributed by atoms with Crippen LogP contribution in [0.2, 0.25) is 0 Å². The maximum atomic E-state index is 12.0. The number of anilines is 2. The number of nitrogens with two attached hydrogens (primary N) is 1. The van der Waals surface area contributed by atoms with Crippen molar-refractivity contribution in [2.75, 3.05) is 11.1 Å². The lowest BCUT2D eigenvalue weighted by Gasteiger charge is -2.09. The van der Waals surface area contributed by atoms with E-state index < -0.39 is 11.9 Å². The van der Waals surface area contributed by atoms with Gasteiger partial charge in [-0.05, 0) is 24.3 Å². The molecule has 2 rings (SSSR count). The van der Waals surface area contributed by atoms with Gasteiger partial charge in [0.25, 0.3) is 5.91 Å². The molecule has 19 heavy (non-hydrogen) atoms. The highest BCUT2D eigenvalue weighted by Gasteiger charge is 2.14. The molecular formula is C13H11N3O3. The molecule has 4 N–H and O–H groups in total. The van der Waals surface area contributed by atoms with E-state index in [4.69, 9.17) is 10.8 Å². The fourth-order valence-corrected chi connectivity index (χ4v) is 1.58. The summed E-state index contributed by atoms with van der Waals surface area (Å²) in [7, 11) is 0. The van der Waals surface area contributed by atoms with Crippen molar-refractivity contribution in [3.05, 3.63) is 53.7 Å². The van der Waals surface area contributed by atoms with Gasteiger partial charge in [-0.3, -0.25) is 4.79 Å². The van der Waals surface area contributed by atoms with Gasteiger partial charge in [0.1, 0.15) is 5.82 Å². The highest BCUT2D eigenvalue weighted by molar-refractivity contribution is 6.09. The van der Waals surface area contributed by atoms with Crippen molar-refractivity contribution >= 4 is 23.4 Å². The number of carboxylic acid groups (broad SMARTS) is 1. The predicted molar refractivity (Wildman–Crippen MR) is 70.0 cm³/mol. The molecule has 6 heteroatoms. The largest absolute Gasteiger partial charge is 0.478 e. The SMILES string of the molecule is Nc1ncccc1C(=O)Nc1ccccc1C(=O)O. The standard InChI is InChI=1S/C13H11N3O3/c14-11-9(5-3-7-15-11)12(17)16-10-6-2-1-4-8(10)13(18)19/h1-7H,(H2,14,15)(H,16,17)(H,18,19). The van der Waals surface area contributed by atoms with Crippen LogP contribution in [0.4, 0.5) is 11.5 Å². The molecule has 0 saturated heterocycles. The Morgan fingerprint density at radius 2 is 1.79 bits per heavy atom. The van der Waals surface area contributed by atoms with Crippen LogP contribution < -0.4 is 11.1 Å². The van der Waals surface area contributed by atoms with Gasteiger partial charge in [0.15, 0.2) is 0 Å². The number of rotatable bonds is 3. The van der Waals surface area contributed by atoms with E-state index >= 15 is 0 Å². The maximum Gasteiger partial charge on any atom is 0.337 e. The Hall–Kier alpha value is -2.89. The number of nitrogens with one attached hydrogen (secondary N) is 1. The third-order valence-corrected chi connectivity index (χ3v) is 2.49. The van der Waals surface area contributed by atoms with E-state index in [-0.39, 0.29) is 22.6 Å². The summed E-state index contributed by atoms with van der Waals surface area (Å²) < 4.78 is 0. The number of carbonyl (C=O) groups is 2. The molecule has 0 atom stereocenters. The number of benzene rings is 1. The molecule has 1 aromatic carbocycles. The topological polar surface area (TPSA) is 105 Å². The summed E-state index contributed by atoms with van der Waals surface area (Å²) in [4.78, 5) is 26.8. The summed E-state index contributed by atoms with van der Waals surface area (Å²) in [6, 6.07) is 9.22. The molecule has 0 aliphatic heterocycles. The molecule has 0 spiro atoms. The third kappa shape index (κ3) is 2.68. The lowest BCUT2D eigenvalue weighted by Crippen LogP contribution is -2.16. The zero-order chi connectivity index (χ0) is 13.8. The van der Waals surface area contributed by atoms with Crippen LogP contribution in [-0.4, -0.2) is 22.0 Å². The summed E-state index contributed by atoms with van der Waals surface area (Å²) >= 11 is 0. The molecule has 0 unspecified atom stereocenters. The first-order valence-electron chi connectivity index (χ1n) is 5.44. The van der Waals surface area contributed by atoms with Crippen molar-refractivity contribution in [2.24, 2.45) is 0 Å². The molecule has 6 nitrogen and oxygen atoms in total. The quantitative estimate of drug-likeness (QED) is 0.774. The van der Waals surface area contributed by atoms with Crippen LogP contribution in [0.5, 0.6) is 0 Å². The van der Waals surface area contributed by atoms with Crippen LogP contribution in [-0.2, 0) is 0 Å². The van der Waals surface area contributed by atoms with E-state index in [0.29, 0.717) is 0 Å². The summed E-state index contributed by atoms with van der Waals surface area (Å²) in [6.07, 6.45) is 1.47. The van der Waals surface area contributed by atoms with E-state index in [0.717, 1.165) is 0 Å². The molecule has 0 saturated carbocycles. The number of nitrogen functional groups attached to an aromatic ring is 1. The van der Waals surface area contributed by atoms with Crippen molar-refractivity contribution in [3.63, 3.8) is 0 Å². The van der Waals surface area contributed by atoms with Gasteiger partial charge in [-0.2, -0.15) is 0 Å². The molecule has 0 bridgehead atoms. The van der Waals surface area contributed by atoms with Crippen molar-refractivity contribution < 1.29 is 14.7 Å². The summed E-state index contributed by atoms with van der Waals surface area (Å²) in [5.74, 6) is -1.53. The third-order valence-electron chi connectivity index (χ3n) is 2.49. The molecule has 2 aromatic rings. The van der Waals surface area contributed by atoms with Crippen LogP contribution in [0.25, 0.3) is 0 Å². The summed E-state index contributed by atoms with van der Waals surface area (Å²) in [5, 5.41) is 11.5. The monoisotopic (exact) mass is 257 g/mol. The van der Waals surface area contributed by atoms with Crippen molar-refractivity contribution in [3.8, 4) is 0 Å². The Bertz CT molecular complexity index is 641. The number of hydrogen-bond donors (Lipinski definition) is 3. The fraction of sp³-hybridized carbons (Fsp3) is 0. The molecule has 0 fully saturated rings. The van der Waals surface area contributed by atoms with Gasteiger partial charge in [-0.25, -0.2) is 9.78 Å². The normalized spacial score (nSPS) is 9.89. The average molecular weight is 257 g/mol. The number of para-hydroxylation sites is 1. The van der Waals surface area contributed by atoms with Crippen molar-refractivity contribution in [1.82, 2.24) is 4.98 Å². The van der Waals surface area contributed by atoms with Crippen molar-refractivity contribution in [2.45, 2.75) is 0 Å². The van der Waals surface area contributed by atoms with Gasteiger partial charge in [-0.1, -0.05) is 12.1 Å². The Labute approximate surface area is 108 Å². The fourth-order valence-electron chi connectivity index (χ4n) is 1.58. The van der Waals surface area contributed by atoms with Gasteiger partial charge in [0, 0.05) is 6.20 Å². The molecule has 1 aromatic heterocycles. The number of carbonyl (C=O) groups excluding carboxylic acids is 1. The Morgan fingerprint density at radius 3 is 2.47 bits per heavy atom. The lowest BCUT2D eigenvalue weighted by molar-refractivity contribution is 0.0698. The maximum absolute atomic E-state index is 12.0.